The minimum atomic E-state index is 0.445. The third-order valence-corrected chi connectivity index (χ3v) is 5.09. The molecule has 0 amide bonds. The van der Waals surface area contributed by atoms with Crippen molar-refractivity contribution < 1.29 is 4.42 Å². The zero-order valence-corrected chi connectivity index (χ0v) is 12.6. The Balaban J connectivity index is 1.59. The zero-order valence-electron chi connectivity index (χ0n) is 12.6. The molecule has 2 aliphatic rings. The largest absolute Gasteiger partial charge is 0.468 e. The predicted molar refractivity (Wildman–Crippen MR) is 81.4 cm³/mol. The van der Waals surface area contributed by atoms with E-state index in [1.165, 1.54) is 24.1 Å². The number of hydrogen-bond acceptors (Lipinski definition) is 4. The Kier molecular flexibility index (Phi) is 2.50. The maximum Gasteiger partial charge on any atom is 0.155 e. The first-order valence-corrected chi connectivity index (χ1v) is 7.92. The first-order chi connectivity index (χ1) is 10.8. The molecule has 0 N–H and O–H groups in total. The first kappa shape index (κ1) is 12.4. The van der Waals surface area contributed by atoms with Crippen LogP contribution in [0.15, 0.2) is 35.1 Å². The lowest BCUT2D eigenvalue weighted by Gasteiger charge is -2.35. The fourth-order valence-corrected chi connectivity index (χ4v) is 4.13. The summed E-state index contributed by atoms with van der Waals surface area (Å²) in [6.45, 7) is 2.92. The Morgan fingerprint density at radius 2 is 2.32 bits per heavy atom. The summed E-state index contributed by atoms with van der Waals surface area (Å²) in [4.78, 5) is 7.19. The van der Waals surface area contributed by atoms with Crippen molar-refractivity contribution in [2.24, 2.45) is 0 Å². The molecule has 3 aromatic heterocycles. The third kappa shape index (κ3) is 1.69. The monoisotopic (exact) mass is 294 g/mol. The molecule has 112 valence electrons. The molecule has 0 spiro atoms. The highest BCUT2D eigenvalue weighted by molar-refractivity contribution is 5.44. The Morgan fingerprint density at radius 1 is 1.36 bits per heavy atom. The highest BCUT2D eigenvalue weighted by atomic mass is 16.3. The quantitative estimate of drug-likeness (QED) is 0.729. The van der Waals surface area contributed by atoms with Gasteiger partial charge < -0.3 is 4.42 Å². The zero-order chi connectivity index (χ0) is 14.7. The van der Waals surface area contributed by atoms with Crippen molar-refractivity contribution in [1.29, 1.82) is 0 Å². The maximum atomic E-state index is 5.55. The van der Waals surface area contributed by atoms with Crippen LogP contribution in [0, 0.1) is 6.92 Å². The van der Waals surface area contributed by atoms with Gasteiger partial charge in [0.25, 0.3) is 0 Å². The van der Waals surface area contributed by atoms with Gasteiger partial charge in [-0.25, -0.2) is 9.50 Å². The van der Waals surface area contributed by atoms with E-state index in [2.05, 4.69) is 37.8 Å². The normalized spacial score (nSPS) is 24.0. The SMILES string of the molecule is Cc1cc2ncc3c(n2n1)C[C@H]1CC[C@H]3N1Cc1ccco1. The molecule has 0 unspecified atom stereocenters. The summed E-state index contributed by atoms with van der Waals surface area (Å²) in [5, 5.41) is 4.64. The van der Waals surface area contributed by atoms with Gasteiger partial charge in [-0.2, -0.15) is 5.10 Å². The minimum absolute atomic E-state index is 0.445. The number of rotatable bonds is 2. The Morgan fingerprint density at radius 3 is 3.18 bits per heavy atom. The summed E-state index contributed by atoms with van der Waals surface area (Å²) in [6.07, 6.45) is 7.31. The van der Waals surface area contributed by atoms with Gasteiger partial charge in [0.05, 0.1) is 24.2 Å². The second-order valence-corrected chi connectivity index (χ2v) is 6.42. The van der Waals surface area contributed by atoms with Crippen LogP contribution in [0.2, 0.25) is 0 Å². The number of aryl methyl sites for hydroxylation is 1. The molecule has 0 radical (unpaired) electrons. The van der Waals surface area contributed by atoms with Crippen molar-refractivity contribution in [2.75, 3.05) is 0 Å². The fraction of sp³-hybridized carbons (Fsp3) is 0.412. The average Bonchev–Trinajstić information content (AvgIpc) is 3.19. The van der Waals surface area contributed by atoms with Crippen molar-refractivity contribution in [1.82, 2.24) is 19.5 Å². The van der Waals surface area contributed by atoms with Crippen molar-refractivity contribution in [2.45, 2.75) is 44.8 Å². The van der Waals surface area contributed by atoms with Gasteiger partial charge in [-0.1, -0.05) is 0 Å². The van der Waals surface area contributed by atoms with Gasteiger partial charge >= 0.3 is 0 Å². The standard InChI is InChI=1S/C17H18N4O/c1-11-7-17-18-9-14-15-5-4-12(8-16(14)21(17)19-11)20(15)10-13-3-2-6-22-13/h2-3,6-7,9,12,15H,4-5,8,10H2,1H3/t12-,15-/m1/s1. The summed E-state index contributed by atoms with van der Waals surface area (Å²) < 4.78 is 7.60. The van der Waals surface area contributed by atoms with E-state index >= 15 is 0 Å². The van der Waals surface area contributed by atoms with E-state index in [1.54, 1.807) is 6.26 Å². The van der Waals surface area contributed by atoms with Gasteiger partial charge in [0.15, 0.2) is 5.65 Å². The van der Waals surface area contributed by atoms with E-state index < -0.39 is 0 Å². The molecule has 5 heterocycles. The van der Waals surface area contributed by atoms with Gasteiger partial charge in [-0.3, -0.25) is 4.90 Å². The first-order valence-electron chi connectivity index (χ1n) is 7.92. The summed E-state index contributed by atoms with van der Waals surface area (Å²) >= 11 is 0. The Labute approximate surface area is 128 Å². The fourth-order valence-electron chi connectivity index (χ4n) is 4.13. The summed E-state index contributed by atoms with van der Waals surface area (Å²) in [5.41, 5.74) is 4.69. The highest BCUT2D eigenvalue weighted by Gasteiger charge is 2.41. The number of hydrogen-bond donors (Lipinski definition) is 0. The third-order valence-electron chi connectivity index (χ3n) is 5.09. The molecule has 22 heavy (non-hydrogen) atoms. The lowest BCUT2D eigenvalue weighted by atomic mass is 9.99. The Hall–Kier alpha value is -2.14. The molecule has 2 aliphatic heterocycles. The van der Waals surface area contributed by atoms with Crippen molar-refractivity contribution in [3.05, 3.63) is 53.4 Å². The van der Waals surface area contributed by atoms with Crippen LogP contribution in [0.4, 0.5) is 0 Å². The van der Waals surface area contributed by atoms with Crippen LogP contribution in [0.1, 0.15) is 41.6 Å². The van der Waals surface area contributed by atoms with E-state index in [4.69, 9.17) is 4.42 Å². The highest BCUT2D eigenvalue weighted by Crippen LogP contribution is 2.44. The molecule has 5 rings (SSSR count). The van der Waals surface area contributed by atoms with Gasteiger partial charge in [0, 0.05) is 36.3 Å². The molecule has 2 atom stereocenters. The van der Waals surface area contributed by atoms with E-state index in [9.17, 15) is 0 Å². The summed E-state index contributed by atoms with van der Waals surface area (Å²) in [5.74, 6) is 1.05. The smallest absolute Gasteiger partial charge is 0.155 e. The number of aromatic nitrogens is 3. The van der Waals surface area contributed by atoms with Gasteiger partial charge in [-0.15, -0.1) is 0 Å². The van der Waals surface area contributed by atoms with Crippen LogP contribution in [0.25, 0.3) is 5.65 Å². The van der Waals surface area contributed by atoms with Crippen molar-refractivity contribution in [3.63, 3.8) is 0 Å². The molecule has 3 aromatic rings. The molecular formula is C17H18N4O. The molecule has 0 aromatic carbocycles. The predicted octanol–water partition coefficient (Wildman–Crippen LogP) is 2.89. The summed E-state index contributed by atoms with van der Waals surface area (Å²) in [6, 6.07) is 7.11. The minimum Gasteiger partial charge on any atom is -0.468 e. The van der Waals surface area contributed by atoms with Gasteiger partial charge in [-0.05, 0) is 31.9 Å². The second-order valence-electron chi connectivity index (χ2n) is 6.42. The number of furan rings is 1. The van der Waals surface area contributed by atoms with E-state index in [0.29, 0.717) is 12.1 Å². The van der Waals surface area contributed by atoms with Gasteiger partial charge in [0.2, 0.25) is 0 Å². The van der Waals surface area contributed by atoms with Crippen LogP contribution in [0.5, 0.6) is 0 Å². The number of fused-ring (bicyclic) bond motifs is 6. The molecule has 0 aliphatic carbocycles. The van der Waals surface area contributed by atoms with Crippen LogP contribution >= 0.6 is 0 Å². The van der Waals surface area contributed by atoms with Crippen LogP contribution in [-0.2, 0) is 13.0 Å². The molecule has 5 heteroatoms. The van der Waals surface area contributed by atoms with Gasteiger partial charge in [0.1, 0.15) is 5.76 Å². The van der Waals surface area contributed by atoms with Crippen LogP contribution in [-0.4, -0.2) is 25.5 Å². The Bertz CT molecular complexity index is 836. The van der Waals surface area contributed by atoms with Crippen molar-refractivity contribution >= 4 is 5.65 Å². The van der Waals surface area contributed by atoms with E-state index in [-0.39, 0.29) is 0 Å². The van der Waals surface area contributed by atoms with E-state index in [1.807, 2.05) is 13.0 Å². The van der Waals surface area contributed by atoms with Crippen LogP contribution < -0.4 is 0 Å². The number of nitrogens with zero attached hydrogens (tertiary/aromatic N) is 4. The molecule has 2 bridgehead atoms. The molecule has 1 fully saturated rings. The topological polar surface area (TPSA) is 46.6 Å². The second kappa shape index (κ2) is 4.43. The molecular weight excluding hydrogens is 276 g/mol. The molecule has 0 saturated carbocycles. The lowest BCUT2D eigenvalue weighted by Crippen LogP contribution is -2.38. The average molecular weight is 294 g/mol. The van der Waals surface area contributed by atoms with Crippen molar-refractivity contribution in [3.8, 4) is 0 Å². The van der Waals surface area contributed by atoms with E-state index in [0.717, 1.165) is 30.1 Å². The molecule has 1 saturated heterocycles. The lowest BCUT2D eigenvalue weighted by molar-refractivity contribution is 0.152. The molecule has 5 nitrogen and oxygen atoms in total. The summed E-state index contributed by atoms with van der Waals surface area (Å²) in [7, 11) is 0. The maximum absolute atomic E-state index is 5.55. The van der Waals surface area contributed by atoms with Crippen LogP contribution in [0.3, 0.4) is 0 Å².